The van der Waals surface area contributed by atoms with Crippen LogP contribution in [0.4, 0.5) is 22.0 Å². The van der Waals surface area contributed by atoms with Crippen molar-refractivity contribution in [3.8, 4) is 0 Å². The summed E-state index contributed by atoms with van der Waals surface area (Å²) in [4.78, 5) is 8.70. The molecule has 0 spiro atoms. The standard InChI is InChI=1S/C17H18FN5O/c1-11-9-15(19-8-7-13-5-3-4-6-14(13)18)21-17(20-11)22-16-10-12(2)24-23-16/h3-6,9-10H,7-8H2,1-2H3,(H2,19,20,21,22,23). The second kappa shape index (κ2) is 7.08. The zero-order chi connectivity index (χ0) is 16.9. The van der Waals surface area contributed by atoms with Gasteiger partial charge in [-0.15, -0.1) is 0 Å². The molecule has 3 aromatic rings. The van der Waals surface area contributed by atoms with Crippen LogP contribution in [-0.4, -0.2) is 21.7 Å². The van der Waals surface area contributed by atoms with Gasteiger partial charge < -0.3 is 15.2 Å². The Kier molecular flexibility index (Phi) is 4.69. The highest BCUT2D eigenvalue weighted by atomic mass is 19.1. The number of nitrogens with one attached hydrogen (secondary N) is 2. The van der Waals surface area contributed by atoms with E-state index in [9.17, 15) is 4.39 Å². The number of hydrogen-bond donors (Lipinski definition) is 2. The molecule has 6 nitrogen and oxygen atoms in total. The van der Waals surface area contributed by atoms with Crippen molar-refractivity contribution in [2.75, 3.05) is 17.2 Å². The van der Waals surface area contributed by atoms with Gasteiger partial charge >= 0.3 is 0 Å². The van der Waals surface area contributed by atoms with E-state index in [0.29, 0.717) is 41.9 Å². The first kappa shape index (κ1) is 15.9. The lowest BCUT2D eigenvalue weighted by atomic mass is 10.1. The molecule has 0 aliphatic carbocycles. The van der Waals surface area contributed by atoms with E-state index in [1.165, 1.54) is 6.07 Å². The molecule has 0 aliphatic rings. The van der Waals surface area contributed by atoms with Crippen LogP contribution in [0.5, 0.6) is 0 Å². The summed E-state index contributed by atoms with van der Waals surface area (Å²) < 4.78 is 18.6. The summed E-state index contributed by atoms with van der Waals surface area (Å²) in [6.07, 6.45) is 0.570. The van der Waals surface area contributed by atoms with E-state index >= 15 is 0 Å². The average molecular weight is 327 g/mol. The fourth-order valence-corrected chi connectivity index (χ4v) is 2.28. The van der Waals surface area contributed by atoms with E-state index in [2.05, 4.69) is 25.8 Å². The summed E-state index contributed by atoms with van der Waals surface area (Å²) in [7, 11) is 0. The maximum absolute atomic E-state index is 13.6. The Morgan fingerprint density at radius 1 is 1.08 bits per heavy atom. The van der Waals surface area contributed by atoms with Crippen molar-refractivity contribution < 1.29 is 8.91 Å². The van der Waals surface area contributed by atoms with E-state index in [4.69, 9.17) is 4.52 Å². The van der Waals surface area contributed by atoms with Gasteiger partial charge in [0.1, 0.15) is 17.4 Å². The quantitative estimate of drug-likeness (QED) is 0.720. The third-order valence-corrected chi connectivity index (χ3v) is 3.38. The topological polar surface area (TPSA) is 75.9 Å². The average Bonchev–Trinajstić information content (AvgIpc) is 2.94. The maximum atomic E-state index is 13.6. The van der Waals surface area contributed by atoms with Crippen LogP contribution in [0.25, 0.3) is 0 Å². The van der Waals surface area contributed by atoms with Crippen molar-refractivity contribution in [2.45, 2.75) is 20.3 Å². The first-order valence-electron chi connectivity index (χ1n) is 7.63. The number of benzene rings is 1. The number of halogens is 1. The molecule has 2 aromatic heterocycles. The van der Waals surface area contributed by atoms with Crippen LogP contribution in [0.3, 0.4) is 0 Å². The molecule has 7 heteroatoms. The predicted octanol–water partition coefficient (Wildman–Crippen LogP) is 3.62. The number of aromatic nitrogens is 3. The van der Waals surface area contributed by atoms with Gasteiger partial charge in [-0.1, -0.05) is 23.4 Å². The second-order valence-electron chi connectivity index (χ2n) is 5.43. The van der Waals surface area contributed by atoms with Crippen molar-refractivity contribution in [1.29, 1.82) is 0 Å². The lowest BCUT2D eigenvalue weighted by Gasteiger charge is -2.09. The highest BCUT2D eigenvalue weighted by molar-refractivity contribution is 5.51. The van der Waals surface area contributed by atoms with Crippen LogP contribution in [-0.2, 0) is 6.42 Å². The summed E-state index contributed by atoms with van der Waals surface area (Å²) in [6, 6.07) is 10.4. The Labute approximate surface area is 139 Å². The van der Waals surface area contributed by atoms with E-state index in [-0.39, 0.29) is 5.82 Å². The Morgan fingerprint density at radius 2 is 1.92 bits per heavy atom. The fraction of sp³-hybridized carbons (Fsp3) is 0.235. The predicted molar refractivity (Wildman–Crippen MR) is 89.9 cm³/mol. The normalized spacial score (nSPS) is 10.6. The zero-order valence-electron chi connectivity index (χ0n) is 13.5. The Morgan fingerprint density at radius 3 is 2.67 bits per heavy atom. The summed E-state index contributed by atoms with van der Waals surface area (Å²) in [5, 5.41) is 10.0. The number of hydrogen-bond acceptors (Lipinski definition) is 6. The third kappa shape index (κ3) is 4.07. The third-order valence-electron chi connectivity index (χ3n) is 3.38. The monoisotopic (exact) mass is 327 g/mol. The van der Waals surface area contributed by atoms with Crippen LogP contribution in [0, 0.1) is 19.7 Å². The summed E-state index contributed by atoms with van der Waals surface area (Å²) in [6.45, 7) is 4.26. The summed E-state index contributed by atoms with van der Waals surface area (Å²) in [5.74, 6) is 2.16. The van der Waals surface area contributed by atoms with E-state index in [1.54, 1.807) is 18.2 Å². The van der Waals surface area contributed by atoms with Gasteiger partial charge in [0.2, 0.25) is 5.95 Å². The van der Waals surface area contributed by atoms with Gasteiger partial charge in [0.25, 0.3) is 0 Å². The van der Waals surface area contributed by atoms with Gasteiger partial charge in [0.15, 0.2) is 5.82 Å². The first-order chi connectivity index (χ1) is 11.6. The van der Waals surface area contributed by atoms with Crippen LogP contribution >= 0.6 is 0 Å². The van der Waals surface area contributed by atoms with Gasteiger partial charge in [-0.3, -0.25) is 0 Å². The Balaban J connectivity index is 1.64. The minimum atomic E-state index is -0.193. The molecule has 2 heterocycles. The minimum Gasteiger partial charge on any atom is -0.370 e. The lowest BCUT2D eigenvalue weighted by Crippen LogP contribution is -2.09. The van der Waals surface area contributed by atoms with E-state index in [0.717, 1.165) is 5.69 Å². The van der Waals surface area contributed by atoms with Gasteiger partial charge in [0, 0.05) is 24.4 Å². The van der Waals surface area contributed by atoms with E-state index in [1.807, 2.05) is 26.0 Å². The van der Waals surface area contributed by atoms with Gasteiger partial charge in [-0.25, -0.2) is 9.37 Å². The second-order valence-corrected chi connectivity index (χ2v) is 5.43. The molecule has 0 saturated carbocycles. The van der Waals surface area contributed by atoms with Gasteiger partial charge in [-0.05, 0) is 31.9 Å². The van der Waals surface area contributed by atoms with Gasteiger partial charge in [0.05, 0.1) is 0 Å². The zero-order valence-corrected chi connectivity index (χ0v) is 13.5. The minimum absolute atomic E-state index is 0.193. The molecule has 0 atom stereocenters. The number of rotatable bonds is 6. The Hall–Kier alpha value is -2.96. The van der Waals surface area contributed by atoms with Crippen LogP contribution in [0.1, 0.15) is 17.0 Å². The number of nitrogens with zero attached hydrogens (tertiary/aromatic N) is 3. The molecule has 0 fully saturated rings. The molecule has 0 saturated heterocycles. The molecule has 0 amide bonds. The molecule has 0 radical (unpaired) electrons. The maximum Gasteiger partial charge on any atom is 0.230 e. The van der Waals surface area contributed by atoms with Crippen molar-refractivity contribution in [3.63, 3.8) is 0 Å². The van der Waals surface area contributed by atoms with Gasteiger partial charge in [-0.2, -0.15) is 4.98 Å². The summed E-state index contributed by atoms with van der Waals surface area (Å²) in [5.41, 5.74) is 1.48. The SMILES string of the molecule is Cc1cc(NCCc2ccccc2F)nc(Nc2cc(C)on2)n1. The molecule has 124 valence electrons. The first-order valence-corrected chi connectivity index (χ1v) is 7.63. The van der Waals surface area contributed by atoms with E-state index < -0.39 is 0 Å². The molecular formula is C17H18FN5O. The molecule has 0 unspecified atom stereocenters. The lowest BCUT2D eigenvalue weighted by molar-refractivity contribution is 0.400. The molecule has 0 bridgehead atoms. The van der Waals surface area contributed by atoms with Crippen LogP contribution in [0.2, 0.25) is 0 Å². The highest BCUT2D eigenvalue weighted by Gasteiger charge is 2.06. The molecule has 1 aromatic carbocycles. The smallest absolute Gasteiger partial charge is 0.230 e. The molecule has 2 N–H and O–H groups in total. The Bertz CT molecular complexity index is 833. The van der Waals surface area contributed by atoms with Crippen molar-refractivity contribution in [3.05, 3.63) is 59.2 Å². The molecule has 3 rings (SSSR count). The number of aryl methyl sites for hydroxylation is 2. The highest BCUT2D eigenvalue weighted by Crippen LogP contribution is 2.16. The molecule has 24 heavy (non-hydrogen) atoms. The number of anilines is 3. The van der Waals surface area contributed by atoms with Crippen molar-refractivity contribution in [1.82, 2.24) is 15.1 Å². The summed E-state index contributed by atoms with van der Waals surface area (Å²) >= 11 is 0. The van der Waals surface area contributed by atoms with Crippen LogP contribution in [0.15, 0.2) is 40.9 Å². The van der Waals surface area contributed by atoms with Crippen molar-refractivity contribution in [2.24, 2.45) is 0 Å². The fourth-order valence-electron chi connectivity index (χ4n) is 2.28. The van der Waals surface area contributed by atoms with Crippen molar-refractivity contribution >= 4 is 17.6 Å². The van der Waals surface area contributed by atoms with Crippen LogP contribution < -0.4 is 10.6 Å². The molecular weight excluding hydrogens is 309 g/mol. The molecule has 0 aliphatic heterocycles. The largest absolute Gasteiger partial charge is 0.370 e.